The number of hydrogen-bond acceptors (Lipinski definition) is 3. The first-order chi connectivity index (χ1) is 10.9. The zero-order valence-corrected chi connectivity index (χ0v) is 17.8. The molecule has 1 saturated heterocycles. The van der Waals surface area contributed by atoms with Crippen LogP contribution in [0.5, 0.6) is 0 Å². The van der Waals surface area contributed by atoms with Crippen molar-refractivity contribution in [1.29, 1.82) is 0 Å². The molecule has 2 fully saturated rings. The number of guanidine groups is 1. The third-order valence-electron chi connectivity index (χ3n) is 4.88. The second-order valence-corrected chi connectivity index (χ2v) is 7.54. The zero-order chi connectivity index (χ0) is 16.9. The molecule has 6 nitrogen and oxygen atoms in total. The van der Waals surface area contributed by atoms with Gasteiger partial charge in [0, 0.05) is 32.6 Å². The number of halogens is 1. The van der Waals surface area contributed by atoms with Gasteiger partial charge in [-0.1, -0.05) is 19.8 Å². The summed E-state index contributed by atoms with van der Waals surface area (Å²) in [5.74, 6) is 1.04. The molecule has 2 rings (SSSR count). The Morgan fingerprint density at radius 2 is 1.83 bits per heavy atom. The highest BCUT2D eigenvalue weighted by molar-refractivity contribution is 14.0. The lowest BCUT2D eigenvalue weighted by Crippen LogP contribution is -2.50. The van der Waals surface area contributed by atoms with E-state index in [1.807, 2.05) is 14.1 Å². The smallest absolute Gasteiger partial charge is 0.230 e. The minimum absolute atomic E-state index is 0. The van der Waals surface area contributed by atoms with Crippen LogP contribution in [0.2, 0.25) is 0 Å². The van der Waals surface area contributed by atoms with Crippen LogP contribution in [0.4, 0.5) is 0 Å². The molecule has 0 aromatic carbocycles. The Kier molecular flexibility index (Phi) is 8.25. The van der Waals surface area contributed by atoms with Crippen LogP contribution >= 0.6 is 24.0 Å². The number of aliphatic imine (C=N–C) groups is 1. The van der Waals surface area contributed by atoms with Crippen molar-refractivity contribution in [2.75, 3.05) is 46.9 Å². The predicted octanol–water partition coefficient (Wildman–Crippen LogP) is 1.84. The lowest BCUT2D eigenvalue weighted by Gasteiger charge is -2.37. The molecule has 140 valence electrons. The highest BCUT2D eigenvalue weighted by Gasteiger charge is 2.42. The van der Waals surface area contributed by atoms with Gasteiger partial charge in [-0.05, 0) is 19.8 Å². The molecule has 1 aliphatic heterocycles. The van der Waals surface area contributed by atoms with Crippen molar-refractivity contribution in [3.63, 3.8) is 0 Å². The van der Waals surface area contributed by atoms with Gasteiger partial charge in [-0.25, -0.2) is 0 Å². The molecule has 0 spiro atoms. The maximum Gasteiger partial charge on any atom is 0.230 e. The SMILES string of the molecule is CCNC(=NCC1(C)COC1)NCC1(C(=O)N(C)C)CCCC1.I. The van der Waals surface area contributed by atoms with Crippen LogP contribution in [0.15, 0.2) is 4.99 Å². The fourth-order valence-corrected chi connectivity index (χ4v) is 3.40. The summed E-state index contributed by atoms with van der Waals surface area (Å²) >= 11 is 0. The third kappa shape index (κ3) is 5.21. The van der Waals surface area contributed by atoms with E-state index in [-0.39, 0.29) is 40.7 Å². The molecule has 7 heteroatoms. The van der Waals surface area contributed by atoms with Crippen molar-refractivity contribution >= 4 is 35.8 Å². The highest BCUT2D eigenvalue weighted by Crippen LogP contribution is 2.38. The second kappa shape index (κ2) is 9.22. The van der Waals surface area contributed by atoms with Crippen molar-refractivity contribution < 1.29 is 9.53 Å². The van der Waals surface area contributed by atoms with E-state index in [2.05, 4.69) is 24.5 Å². The van der Waals surface area contributed by atoms with Crippen LogP contribution < -0.4 is 10.6 Å². The predicted molar refractivity (Wildman–Crippen MR) is 108 cm³/mol. The zero-order valence-electron chi connectivity index (χ0n) is 15.5. The molecule has 1 aliphatic carbocycles. The number of carbonyl (C=O) groups is 1. The third-order valence-corrected chi connectivity index (χ3v) is 4.88. The summed E-state index contributed by atoms with van der Waals surface area (Å²) in [5.41, 5.74) is -0.115. The first-order valence-electron chi connectivity index (χ1n) is 8.72. The quantitative estimate of drug-likeness (QED) is 0.367. The largest absolute Gasteiger partial charge is 0.380 e. The molecule has 2 N–H and O–H groups in total. The minimum Gasteiger partial charge on any atom is -0.380 e. The van der Waals surface area contributed by atoms with Crippen LogP contribution in [0.3, 0.4) is 0 Å². The molecule has 1 amide bonds. The van der Waals surface area contributed by atoms with E-state index >= 15 is 0 Å². The molecule has 0 aromatic rings. The first-order valence-corrected chi connectivity index (χ1v) is 8.72. The average molecular weight is 452 g/mol. The monoisotopic (exact) mass is 452 g/mol. The van der Waals surface area contributed by atoms with Crippen LogP contribution in [-0.2, 0) is 9.53 Å². The Morgan fingerprint density at radius 3 is 2.29 bits per heavy atom. The summed E-state index contributed by atoms with van der Waals surface area (Å²) in [6.45, 7) is 8.02. The Labute approximate surface area is 163 Å². The molecule has 0 aromatic heterocycles. The molecule has 0 atom stereocenters. The summed E-state index contributed by atoms with van der Waals surface area (Å²) in [7, 11) is 3.69. The van der Waals surface area contributed by atoms with Gasteiger partial charge in [0.1, 0.15) is 0 Å². The minimum atomic E-state index is -0.275. The second-order valence-electron chi connectivity index (χ2n) is 7.54. The van der Waals surface area contributed by atoms with E-state index in [0.717, 1.165) is 57.9 Å². The summed E-state index contributed by atoms with van der Waals surface area (Å²) < 4.78 is 5.28. The molecule has 24 heavy (non-hydrogen) atoms. The van der Waals surface area contributed by atoms with Crippen molar-refractivity contribution in [2.45, 2.75) is 39.5 Å². The normalized spacial score (nSPS) is 21.4. The summed E-state index contributed by atoms with van der Waals surface area (Å²) in [6.07, 6.45) is 4.18. The average Bonchev–Trinajstić information content (AvgIpc) is 2.97. The van der Waals surface area contributed by atoms with Gasteiger partial charge in [0.05, 0.1) is 25.2 Å². The van der Waals surface area contributed by atoms with E-state index in [4.69, 9.17) is 9.73 Å². The van der Waals surface area contributed by atoms with Crippen molar-refractivity contribution in [3.8, 4) is 0 Å². The molecule has 0 unspecified atom stereocenters. The van der Waals surface area contributed by atoms with Gasteiger partial charge in [0.25, 0.3) is 0 Å². The Bertz CT molecular complexity index is 444. The van der Waals surface area contributed by atoms with Gasteiger partial charge in [-0.2, -0.15) is 0 Å². The van der Waals surface area contributed by atoms with Gasteiger partial charge >= 0.3 is 0 Å². The maximum atomic E-state index is 12.6. The van der Waals surface area contributed by atoms with Crippen LogP contribution in [0.25, 0.3) is 0 Å². The number of nitrogens with one attached hydrogen (secondary N) is 2. The van der Waals surface area contributed by atoms with Crippen molar-refractivity contribution in [3.05, 3.63) is 0 Å². The van der Waals surface area contributed by atoms with Gasteiger partial charge < -0.3 is 20.3 Å². The van der Waals surface area contributed by atoms with E-state index in [1.54, 1.807) is 4.90 Å². The summed E-state index contributed by atoms with van der Waals surface area (Å²) in [6, 6.07) is 0. The molecule has 0 bridgehead atoms. The number of carbonyl (C=O) groups excluding carboxylic acids is 1. The van der Waals surface area contributed by atoms with Crippen LogP contribution in [0, 0.1) is 10.8 Å². The van der Waals surface area contributed by atoms with Crippen molar-refractivity contribution in [1.82, 2.24) is 15.5 Å². The van der Waals surface area contributed by atoms with Gasteiger partial charge in [-0.15, -0.1) is 24.0 Å². The highest BCUT2D eigenvalue weighted by atomic mass is 127. The molecular formula is C17H33IN4O2. The van der Waals surface area contributed by atoms with E-state index < -0.39 is 0 Å². The molecule has 1 saturated carbocycles. The number of amides is 1. The van der Waals surface area contributed by atoms with E-state index in [1.165, 1.54) is 0 Å². The molecule has 2 aliphatic rings. The van der Waals surface area contributed by atoms with Crippen LogP contribution in [-0.4, -0.2) is 63.7 Å². The number of rotatable bonds is 6. The maximum absolute atomic E-state index is 12.6. The summed E-state index contributed by atoms with van der Waals surface area (Å²) in [5, 5.41) is 6.70. The van der Waals surface area contributed by atoms with E-state index in [0.29, 0.717) is 6.54 Å². The summed E-state index contributed by atoms with van der Waals surface area (Å²) in [4.78, 5) is 19.0. The standard InChI is InChI=1S/C17H32N4O2.HI/c1-5-18-15(19-10-16(2)12-23-13-16)20-11-17(8-6-7-9-17)14(22)21(3)4;/h5-13H2,1-4H3,(H2,18,19,20);1H. The number of hydrogen-bond donors (Lipinski definition) is 2. The van der Waals surface area contributed by atoms with E-state index in [9.17, 15) is 4.79 Å². The molecule has 0 radical (unpaired) electrons. The Hall–Kier alpha value is -0.570. The van der Waals surface area contributed by atoms with Crippen molar-refractivity contribution in [2.24, 2.45) is 15.8 Å². The fraction of sp³-hybridized carbons (Fsp3) is 0.882. The van der Waals surface area contributed by atoms with Gasteiger partial charge in [0.2, 0.25) is 5.91 Å². The number of nitrogens with zero attached hydrogens (tertiary/aromatic N) is 2. The first kappa shape index (κ1) is 21.5. The Morgan fingerprint density at radius 1 is 1.21 bits per heavy atom. The van der Waals surface area contributed by atoms with Gasteiger partial charge in [0.15, 0.2) is 5.96 Å². The lowest BCUT2D eigenvalue weighted by atomic mass is 9.84. The topological polar surface area (TPSA) is 66.0 Å². The fourth-order valence-electron chi connectivity index (χ4n) is 3.40. The lowest BCUT2D eigenvalue weighted by molar-refractivity contribution is -0.138. The van der Waals surface area contributed by atoms with Crippen LogP contribution in [0.1, 0.15) is 39.5 Å². The van der Waals surface area contributed by atoms with Gasteiger partial charge in [-0.3, -0.25) is 9.79 Å². The number of ether oxygens (including phenoxy) is 1. The Balaban J connectivity index is 0.00000288. The molecule has 1 heterocycles. The molecular weight excluding hydrogens is 419 g/mol.